The van der Waals surface area contributed by atoms with Crippen LogP contribution in [0.25, 0.3) is 0 Å². The second kappa shape index (κ2) is 45.9. The summed E-state index contributed by atoms with van der Waals surface area (Å²) in [4.78, 5) is 0. The molecule has 0 aliphatic rings. The molecule has 42 valence electrons. The summed E-state index contributed by atoms with van der Waals surface area (Å²) in [5, 5.41) is 0. The van der Waals surface area contributed by atoms with Crippen LogP contribution in [0.1, 0.15) is 0 Å². The van der Waals surface area contributed by atoms with Crippen LogP contribution in [-0.4, -0.2) is 24.3 Å². The maximum absolute atomic E-state index is 0. The molecule has 2 radical (unpaired) electrons. The summed E-state index contributed by atoms with van der Waals surface area (Å²) in [6, 6.07) is 0. The first-order valence-corrected chi connectivity index (χ1v) is 0. The fraction of sp³-hybridized carbons (Fsp3) is 0. The van der Waals surface area contributed by atoms with Crippen LogP contribution in [0.5, 0.6) is 0 Å². The van der Waals surface area contributed by atoms with Crippen LogP contribution >= 0.6 is 0 Å². The summed E-state index contributed by atoms with van der Waals surface area (Å²) in [5.41, 5.74) is 0. The van der Waals surface area contributed by atoms with Crippen molar-refractivity contribution in [3.05, 3.63) is 0 Å². The Morgan fingerprint density at radius 2 is 1.00 bits per heavy atom. The van der Waals surface area contributed by atoms with Crippen LogP contribution in [-0.2, 0) is 72.3 Å². The van der Waals surface area contributed by atoms with Gasteiger partial charge in [0.05, 0.1) is 0 Å². The van der Waals surface area contributed by atoms with Crippen LogP contribution in [0.15, 0.2) is 0 Å². The molecule has 0 saturated carbocycles. The van der Waals surface area contributed by atoms with E-state index in [9.17, 15) is 0 Å². The van der Waals surface area contributed by atoms with Gasteiger partial charge in [-0.3, -0.25) is 0 Å². The van der Waals surface area contributed by atoms with Gasteiger partial charge in [0, 0.05) is 72.3 Å². The van der Waals surface area contributed by atoms with Gasteiger partial charge in [-0.1, -0.05) is 0 Å². The fourth-order valence-corrected chi connectivity index (χ4v) is 0. The Balaban J connectivity index is 0. The molecule has 1 nitrogen and oxygen atoms in total. The van der Waals surface area contributed by atoms with Gasteiger partial charge in [-0.05, 0) is 0 Å². The zero-order valence-corrected chi connectivity index (χ0v) is 6.67. The zero-order valence-electron chi connectivity index (χ0n) is 2.00. The van der Waals surface area contributed by atoms with E-state index in [0.29, 0.717) is 0 Å². The van der Waals surface area contributed by atoms with Gasteiger partial charge in [0.2, 0.25) is 0 Å². The second-order valence-electron chi connectivity index (χ2n) is 0. The predicted molar refractivity (Wildman–Crippen MR) is 10.8 cm³/mol. The van der Waals surface area contributed by atoms with E-state index < -0.39 is 0 Å². The van der Waals surface area contributed by atoms with E-state index in [2.05, 4.69) is 0 Å². The number of hydrogen-bond acceptors (Lipinski definition) is 0. The van der Waals surface area contributed by atoms with E-state index in [-0.39, 0.29) is 96.7 Å². The Hall–Kier alpha value is 2.80. The molecule has 0 fully saturated rings. The van der Waals surface area contributed by atoms with Crippen LogP contribution in [0, 0.1) is 0 Å². The molecule has 0 unspecified atom stereocenters. The smallest absolute Gasteiger partial charge is 0 e. The molecule has 0 spiro atoms. The number of rotatable bonds is 0. The molecule has 0 aliphatic carbocycles. The molecular formula is H3CuLiMnNiOTi. The average molecular weight is 251 g/mol. The van der Waals surface area contributed by atoms with Gasteiger partial charge in [0.25, 0.3) is 0 Å². The summed E-state index contributed by atoms with van der Waals surface area (Å²) >= 11 is 0. The first kappa shape index (κ1) is 68.2. The first-order chi connectivity index (χ1) is 0. The van der Waals surface area contributed by atoms with Crippen molar-refractivity contribution >= 4 is 18.9 Å². The Kier molecular flexibility index (Phi) is 522. The first-order valence-electron chi connectivity index (χ1n) is 0. The van der Waals surface area contributed by atoms with E-state index in [1.54, 1.807) is 0 Å². The van der Waals surface area contributed by atoms with Crippen molar-refractivity contribution in [2.75, 3.05) is 0 Å². The summed E-state index contributed by atoms with van der Waals surface area (Å²) in [6.07, 6.45) is 0. The van der Waals surface area contributed by atoms with Crippen molar-refractivity contribution < 1.29 is 77.8 Å². The van der Waals surface area contributed by atoms with Crippen LogP contribution in [0.4, 0.5) is 0 Å². The Morgan fingerprint density at radius 1 is 1.00 bits per heavy atom. The molecule has 0 bridgehead atoms. The normalized spacial score (nSPS) is 0. The van der Waals surface area contributed by atoms with Crippen molar-refractivity contribution in [2.45, 2.75) is 0 Å². The van der Waals surface area contributed by atoms with Crippen LogP contribution in [0.2, 0.25) is 0 Å². The molecule has 0 aliphatic heterocycles. The van der Waals surface area contributed by atoms with Crippen molar-refractivity contribution in [1.82, 2.24) is 0 Å². The van der Waals surface area contributed by atoms with Crippen molar-refractivity contribution in [3.8, 4) is 0 Å². The van der Waals surface area contributed by atoms with Crippen molar-refractivity contribution in [2.24, 2.45) is 0 Å². The molecule has 0 heterocycles. The Morgan fingerprint density at radius 3 is 1.00 bits per heavy atom. The molecule has 6 heteroatoms. The Bertz CT molecular complexity index is 15.5. The second-order valence-corrected chi connectivity index (χ2v) is 0. The summed E-state index contributed by atoms with van der Waals surface area (Å²) in [6.45, 7) is 0. The van der Waals surface area contributed by atoms with Gasteiger partial charge in [0.1, 0.15) is 0 Å². The van der Waals surface area contributed by atoms with E-state index in [4.69, 9.17) is 0 Å². The molecule has 0 rings (SSSR count). The SMILES string of the molecule is O.[Cu].[LiH].[Mn].[Ni].[Ti]. The van der Waals surface area contributed by atoms with Gasteiger partial charge < -0.3 is 5.48 Å². The van der Waals surface area contributed by atoms with Gasteiger partial charge in [0.15, 0.2) is 0 Å². The topological polar surface area (TPSA) is 31.5 Å². The third-order valence-electron chi connectivity index (χ3n) is 0. The van der Waals surface area contributed by atoms with Gasteiger partial charge in [-0.15, -0.1) is 0 Å². The summed E-state index contributed by atoms with van der Waals surface area (Å²) in [5.74, 6) is 0. The Labute approximate surface area is 95.4 Å². The fourth-order valence-electron chi connectivity index (χ4n) is 0. The molecule has 0 saturated heterocycles. The molecular weight excluding hydrogens is 248 g/mol. The van der Waals surface area contributed by atoms with E-state index in [1.807, 2.05) is 0 Å². The standard InChI is InChI=1S/Cu.Li.Mn.Ni.H2O.Ti.H/h;;;;1H2;;. The molecule has 0 aromatic rings. The molecule has 0 atom stereocenters. The van der Waals surface area contributed by atoms with Crippen LogP contribution in [0.3, 0.4) is 0 Å². The van der Waals surface area contributed by atoms with Crippen molar-refractivity contribution in [1.29, 1.82) is 0 Å². The predicted octanol–water partition coefficient (Wildman–Crippen LogP) is -1.48. The quantitative estimate of drug-likeness (QED) is 0.470. The zero-order chi connectivity index (χ0) is 0. The minimum atomic E-state index is 0. The number of hydrogen-bond donors (Lipinski definition) is 0. The van der Waals surface area contributed by atoms with E-state index >= 15 is 0 Å². The van der Waals surface area contributed by atoms with Gasteiger partial charge in [-0.25, -0.2) is 0 Å². The molecule has 2 N–H and O–H groups in total. The van der Waals surface area contributed by atoms with Gasteiger partial charge in [-0.2, -0.15) is 0 Å². The minimum absolute atomic E-state index is 0. The monoisotopic (exact) mass is 250 g/mol. The summed E-state index contributed by atoms with van der Waals surface area (Å²) in [7, 11) is 0. The maximum atomic E-state index is 0. The minimum Gasteiger partial charge on any atom is 0 e. The maximum Gasteiger partial charge on any atom is 0 e. The van der Waals surface area contributed by atoms with Crippen LogP contribution < -0.4 is 0 Å². The molecule has 0 aromatic heterocycles. The third-order valence-corrected chi connectivity index (χ3v) is 0. The molecule has 6 heavy (non-hydrogen) atoms. The molecule has 0 aromatic carbocycles. The van der Waals surface area contributed by atoms with Crippen molar-refractivity contribution in [3.63, 3.8) is 0 Å². The van der Waals surface area contributed by atoms with E-state index in [0.717, 1.165) is 0 Å². The largest absolute Gasteiger partial charge is 0 e. The van der Waals surface area contributed by atoms with Gasteiger partial charge >= 0.3 is 18.9 Å². The van der Waals surface area contributed by atoms with E-state index in [1.165, 1.54) is 0 Å². The summed E-state index contributed by atoms with van der Waals surface area (Å²) < 4.78 is 0. The molecule has 0 amide bonds. The average Bonchev–Trinajstić information content (AvgIpc) is 0. The third kappa shape index (κ3) is 29.2.